The third kappa shape index (κ3) is 19.3. The van der Waals surface area contributed by atoms with Crippen LogP contribution in [0.15, 0.2) is 63.1 Å². The number of ether oxygens (including phenoxy) is 8. The second-order valence-electron chi connectivity index (χ2n) is 24.3. The van der Waals surface area contributed by atoms with Gasteiger partial charge in [-0.25, -0.2) is 36.7 Å². The lowest BCUT2D eigenvalue weighted by Crippen LogP contribution is -2.46. The highest BCUT2D eigenvalue weighted by Crippen LogP contribution is 2.42. The number of nitrogens with zero attached hydrogens (tertiary/aromatic N) is 4. The first kappa shape index (κ1) is 76.5. The van der Waals surface area contributed by atoms with Crippen LogP contribution in [0, 0.1) is 46.9 Å². The van der Waals surface area contributed by atoms with Gasteiger partial charge in [-0.3, -0.25) is 76.6 Å². The van der Waals surface area contributed by atoms with E-state index in [4.69, 9.17) is 35.9 Å². The van der Waals surface area contributed by atoms with Crippen LogP contribution in [0.2, 0.25) is 0 Å². The van der Waals surface area contributed by atoms with E-state index < -0.39 is 252 Å². The molecule has 20 N–H and O–H groups in total. The maximum absolute atomic E-state index is 15.3. The van der Waals surface area contributed by atoms with Crippen molar-refractivity contribution in [1.82, 2.24) is 38.2 Å². The summed E-state index contributed by atoms with van der Waals surface area (Å²) < 4.78 is 198. The number of aromatic amines is 4. The van der Waals surface area contributed by atoms with Gasteiger partial charge in [0.2, 0.25) is 23.3 Å². The smallest absolute Gasteiger partial charge is 0.330 e. The summed E-state index contributed by atoms with van der Waals surface area (Å²) >= 11 is 0. The van der Waals surface area contributed by atoms with Crippen molar-refractivity contribution in [3.05, 3.63) is 131 Å². The van der Waals surface area contributed by atoms with Gasteiger partial charge < -0.3 is 102 Å². The zero-order valence-electron chi connectivity index (χ0n) is 61.0. The maximum atomic E-state index is 15.3. The molecule has 4 aliphatic heterocycles. The summed E-state index contributed by atoms with van der Waals surface area (Å²) in [5, 5.41) is 79.8. The standard InChI is InChI=1S/4C14H19F2N3O7/c4*1-5(2)7(17)12(23)25-4-14(16)9(21)8(20)11(26-14)19-3-6(15)10(22)18-13(19)24/h4*3,5,7-9,11,20-21H,4,17H2,1-2H3,(H,18,22,24)/t4*7-,8+,9-,11+,14+/m0000/s1/i4D2,11D;11D;4D2;. The minimum absolute atomic E-state index is 0.0562. The summed E-state index contributed by atoms with van der Waals surface area (Å²) in [5.74, 6) is -26.7. The molecule has 0 aliphatic carbocycles. The predicted octanol–water partition coefficient (Wildman–Crippen LogP) is -7.53. The molecule has 8 rings (SSSR count). The molecule has 8 heterocycles. The lowest BCUT2D eigenvalue weighted by Gasteiger charge is -2.24. The number of halogens is 8. The van der Waals surface area contributed by atoms with E-state index in [0.717, 1.165) is 0 Å². The van der Waals surface area contributed by atoms with Gasteiger partial charge in [0, 0.05) is 0 Å². The first-order valence-corrected chi connectivity index (χ1v) is 30.0. The average molecular weight is 1520 g/mol. The molecule has 20 atom stereocenters. The average Bonchev–Trinajstić information content (AvgIpc) is 1.58. The summed E-state index contributed by atoms with van der Waals surface area (Å²) in [4.78, 5) is 145. The van der Waals surface area contributed by atoms with Gasteiger partial charge in [-0.1, -0.05) is 55.4 Å². The molecule has 4 saturated heterocycles. The number of alkyl halides is 4. The van der Waals surface area contributed by atoms with E-state index in [1.807, 2.05) is 0 Å². The highest BCUT2D eigenvalue weighted by Gasteiger charge is 2.61. The molecule has 48 heteroatoms. The van der Waals surface area contributed by atoms with Gasteiger partial charge in [-0.15, -0.1) is 0 Å². The van der Waals surface area contributed by atoms with Crippen molar-refractivity contribution >= 4 is 23.9 Å². The fourth-order valence-electron chi connectivity index (χ4n) is 8.46. The maximum Gasteiger partial charge on any atom is 0.330 e. The van der Waals surface area contributed by atoms with Gasteiger partial charge in [0.1, 0.15) is 73.0 Å². The largest absolute Gasteiger partial charge is 0.458 e. The molecule has 104 heavy (non-hydrogen) atoms. The summed E-state index contributed by atoms with van der Waals surface area (Å²) in [6, 6.07) is -4.86. The van der Waals surface area contributed by atoms with Crippen molar-refractivity contribution in [3.63, 3.8) is 0 Å². The van der Waals surface area contributed by atoms with Gasteiger partial charge in [0.25, 0.3) is 45.7 Å². The van der Waals surface area contributed by atoms with Crippen LogP contribution < -0.4 is 67.9 Å². The van der Waals surface area contributed by atoms with Crippen LogP contribution in [0.4, 0.5) is 35.1 Å². The molecule has 0 unspecified atom stereocenters. The summed E-state index contributed by atoms with van der Waals surface area (Å²) in [7, 11) is 0. The number of nitrogens with two attached hydrogens (primary N) is 4. The number of nitrogens with one attached hydrogen (secondary N) is 4. The molecule has 4 aromatic heterocycles. The molecular weight excluding hydrogens is 1440 g/mol. The zero-order chi connectivity index (χ0) is 84.7. The number of rotatable bonds is 20. The Balaban J connectivity index is 0.000000263. The molecule has 4 fully saturated rings. The molecule has 4 aromatic rings. The summed E-state index contributed by atoms with van der Waals surface area (Å²) in [6.07, 6.45) is -29.0. The van der Waals surface area contributed by atoms with E-state index in [-0.39, 0.29) is 44.1 Å². The molecule has 0 amide bonds. The van der Waals surface area contributed by atoms with Crippen LogP contribution in [-0.4, -0.2) is 226 Å². The molecule has 584 valence electrons. The molecule has 0 bridgehead atoms. The van der Waals surface area contributed by atoms with Crippen LogP contribution in [-0.2, 0) is 57.1 Å². The minimum Gasteiger partial charge on any atom is -0.458 e. The molecule has 0 radical (unpaired) electrons. The number of hydrogen-bond donors (Lipinski definition) is 16. The van der Waals surface area contributed by atoms with E-state index in [1.54, 1.807) is 32.7 Å². The predicted molar refractivity (Wildman–Crippen MR) is 324 cm³/mol. The van der Waals surface area contributed by atoms with Crippen molar-refractivity contribution < 1.29 is 141 Å². The van der Waals surface area contributed by atoms with Crippen LogP contribution >= 0.6 is 0 Å². The Bertz CT molecular complexity index is 4560. The monoisotopic (exact) mass is 1520 g/mol. The quantitative estimate of drug-likeness (QED) is 0.0222. The molecule has 4 aliphatic rings. The number of esters is 4. The molecular formula is C56H76F8N12O28. The van der Waals surface area contributed by atoms with Gasteiger partial charge in [0.05, 0.1) is 33.0 Å². The number of aromatic nitrogens is 8. The number of hydrogen-bond acceptors (Lipinski definition) is 32. The van der Waals surface area contributed by atoms with E-state index in [9.17, 15) is 125 Å². The molecule has 0 saturated carbocycles. The van der Waals surface area contributed by atoms with Gasteiger partial charge in [-0.2, -0.15) is 17.6 Å². The van der Waals surface area contributed by atoms with Gasteiger partial charge >= 0.3 is 46.6 Å². The van der Waals surface area contributed by atoms with Crippen molar-refractivity contribution in [3.8, 4) is 0 Å². The van der Waals surface area contributed by atoms with E-state index >= 15 is 8.78 Å². The Morgan fingerprint density at radius 1 is 0.423 bits per heavy atom. The van der Waals surface area contributed by atoms with Crippen molar-refractivity contribution in [2.24, 2.45) is 46.6 Å². The lowest BCUT2D eigenvalue weighted by atomic mass is 10.1. The van der Waals surface area contributed by atoms with Crippen LogP contribution in [0.5, 0.6) is 0 Å². The summed E-state index contributed by atoms with van der Waals surface area (Å²) in [5.41, 5.74) is 11.0. The van der Waals surface area contributed by atoms with E-state index in [1.165, 1.54) is 42.6 Å². The van der Waals surface area contributed by atoms with E-state index in [2.05, 4.69) is 33.2 Å². The van der Waals surface area contributed by atoms with Gasteiger partial charge in [-0.05, 0) is 23.7 Å². The Labute approximate surface area is 583 Å². The molecule has 0 spiro atoms. The van der Waals surface area contributed by atoms with Crippen molar-refractivity contribution in [2.75, 3.05) is 26.3 Å². The Kier molecular flexibility index (Phi) is 25.1. The topological polar surface area (TPSA) is 627 Å². The number of carbonyl (C=O) groups excluding carboxylic acids is 4. The second kappa shape index (κ2) is 34.1. The van der Waals surface area contributed by atoms with Crippen molar-refractivity contribution in [2.45, 2.75) is 177 Å². The van der Waals surface area contributed by atoms with Crippen LogP contribution in [0.3, 0.4) is 0 Å². The Morgan fingerprint density at radius 2 is 0.644 bits per heavy atom. The minimum atomic E-state index is -4.08. The second-order valence-corrected chi connectivity index (χ2v) is 24.3. The summed E-state index contributed by atoms with van der Waals surface area (Å²) in [6.45, 7) is 2.65. The lowest BCUT2D eigenvalue weighted by molar-refractivity contribution is -0.217. The first-order valence-electron chi connectivity index (χ1n) is 33.0. The third-order valence-corrected chi connectivity index (χ3v) is 15.2. The molecule has 0 aromatic carbocycles. The number of H-pyrrole nitrogens is 4. The Hall–Kier alpha value is -8.60. The highest BCUT2D eigenvalue weighted by atomic mass is 19.2. The Morgan fingerprint density at radius 3 is 0.952 bits per heavy atom. The number of aliphatic hydroxyl groups is 8. The van der Waals surface area contributed by atoms with Crippen LogP contribution in [0.25, 0.3) is 0 Å². The zero-order valence-corrected chi connectivity index (χ0v) is 55.0. The van der Waals surface area contributed by atoms with Gasteiger partial charge in [0.15, 0.2) is 51.2 Å². The highest BCUT2D eigenvalue weighted by molar-refractivity contribution is 5.77. The third-order valence-electron chi connectivity index (χ3n) is 15.2. The molecule has 40 nitrogen and oxygen atoms in total. The van der Waals surface area contributed by atoms with Crippen molar-refractivity contribution in [1.29, 1.82) is 0 Å². The fraction of sp³-hybridized carbons (Fsp3) is 0.643. The fourth-order valence-corrected chi connectivity index (χ4v) is 8.46. The van der Waals surface area contributed by atoms with Crippen LogP contribution in [0.1, 0.15) is 88.5 Å². The first-order chi connectivity index (χ1) is 50.1. The number of aliphatic hydroxyl groups excluding tert-OH is 8. The SMILES string of the molecule is CC(C)[C@H](N)C(=O)OC[C@@]1(F)O[C@@H](n2cc(F)c(=O)[nH]c2=O)[C@H](O)[C@@H]1O.[2H]C([2H])(OC(=O)[C@@H](N)C(C)C)[C@@]1(F)O[C@@H](n2cc(F)c(=O)[nH]c2=O)[C@H](O)[C@@H]1O.[2H]C([2H])(OC(=O)[C@@H](N)C(C)C)[C@@]1(F)O[C@@]([2H])(n2cc(F)c(=O)[nH]c2=O)[C@H](O)[C@@H]1O.[2H][C@@]1(n2cc(F)c(=O)[nH]c2=O)O[C@](F)(COC(=O)[C@@H](N)C(C)C)[C@@H](O)[C@H]1O. The number of carbonyl (C=O) groups is 4. The normalized spacial score (nSPS) is 32.3. The van der Waals surface area contributed by atoms with E-state index in [0.29, 0.717) is 10.8 Å².